The minimum Gasteiger partial charge on any atom is -1.00 e. The van der Waals surface area contributed by atoms with E-state index in [9.17, 15) is 0 Å². The van der Waals surface area contributed by atoms with Crippen LogP contribution in [0.3, 0.4) is 0 Å². The summed E-state index contributed by atoms with van der Waals surface area (Å²) in [4.78, 5) is 3.31. The number of halogens is 3. The number of nitrogens with one attached hydrogen (secondary N) is 2. The molecule has 4 nitrogen and oxygen atoms in total. The maximum absolute atomic E-state index is 3.69. The molecular weight excluding hydrogens is 519 g/mol. The van der Waals surface area contributed by atoms with Gasteiger partial charge in [-0.1, -0.05) is 46.3 Å². The summed E-state index contributed by atoms with van der Waals surface area (Å²) in [7, 11) is 0. The van der Waals surface area contributed by atoms with Crippen LogP contribution >= 0.6 is 15.9 Å². The molecule has 0 aliphatic rings. The van der Waals surface area contributed by atoms with Gasteiger partial charge in [0.25, 0.3) is 0 Å². The van der Waals surface area contributed by atoms with E-state index in [1.165, 1.54) is 48.2 Å². The maximum atomic E-state index is 3.69. The van der Waals surface area contributed by atoms with Gasteiger partial charge < -0.3 is 39.6 Å². The highest BCUT2D eigenvalue weighted by molar-refractivity contribution is 9.10. The number of hydrogen-bond acceptors (Lipinski definition) is 1. The number of fused-ring (bicyclic) bond motifs is 1. The zero-order valence-electron chi connectivity index (χ0n) is 20.4. The highest BCUT2D eigenvalue weighted by Crippen LogP contribution is 2.32. The van der Waals surface area contributed by atoms with Gasteiger partial charge in [-0.05, 0) is 51.5 Å². The van der Waals surface area contributed by atoms with Crippen molar-refractivity contribution in [2.24, 2.45) is 0 Å². The largest absolute Gasteiger partial charge is 1.00 e. The van der Waals surface area contributed by atoms with Gasteiger partial charge in [0.2, 0.25) is 0 Å². The van der Waals surface area contributed by atoms with E-state index in [-0.39, 0.29) is 24.8 Å². The first-order valence-electron chi connectivity index (χ1n) is 11.9. The Balaban J connectivity index is 0.00000272. The highest BCUT2D eigenvalue weighted by Gasteiger charge is 2.18. The Morgan fingerprint density at radius 2 is 1.33 bits per heavy atom. The molecule has 184 valence electrons. The standard InChI is InChI=1S/C26H37BrN4.2ClH/c1-5-28(6-2)16-18-30(19-17-29(7-3)8-4)31-21-25(22-12-10-9-11-13-22)24-20-23(27)14-15-26(24)31;;/h9-15,20-21H,5-8,16-19H2,1-4H3;2*1H. The quantitative estimate of drug-likeness (QED) is 0.241. The summed E-state index contributed by atoms with van der Waals surface area (Å²) in [6, 6.07) is 17.4. The molecule has 0 amide bonds. The van der Waals surface area contributed by atoms with Gasteiger partial charge >= 0.3 is 0 Å². The predicted octanol–water partition coefficient (Wildman–Crippen LogP) is -3.13. The Hall–Kier alpha value is -1.24. The summed E-state index contributed by atoms with van der Waals surface area (Å²) >= 11 is 3.69. The Morgan fingerprint density at radius 1 is 0.788 bits per heavy atom. The fraction of sp³-hybridized carbons (Fsp3) is 0.462. The van der Waals surface area contributed by atoms with E-state index in [0.717, 1.165) is 30.7 Å². The topological polar surface area (TPSA) is 17.1 Å². The van der Waals surface area contributed by atoms with Crippen molar-refractivity contribution in [2.75, 3.05) is 57.4 Å². The molecule has 3 rings (SSSR count). The van der Waals surface area contributed by atoms with Gasteiger partial charge in [0.1, 0.15) is 0 Å². The number of aromatic nitrogens is 1. The Labute approximate surface area is 220 Å². The number of nitrogens with zero attached hydrogens (tertiary/aromatic N) is 2. The van der Waals surface area contributed by atoms with Crippen LogP contribution in [-0.2, 0) is 0 Å². The third-order valence-electron chi connectivity index (χ3n) is 6.58. The van der Waals surface area contributed by atoms with Crippen molar-refractivity contribution in [3.63, 3.8) is 0 Å². The summed E-state index contributed by atoms with van der Waals surface area (Å²) < 4.78 is 3.55. The van der Waals surface area contributed by atoms with Crippen molar-refractivity contribution in [3.8, 4) is 11.1 Å². The van der Waals surface area contributed by atoms with Crippen LogP contribution < -0.4 is 39.6 Å². The van der Waals surface area contributed by atoms with Gasteiger partial charge in [0.15, 0.2) is 0 Å². The summed E-state index contributed by atoms with van der Waals surface area (Å²) in [6.45, 7) is 18.3. The first-order chi connectivity index (χ1) is 15.1. The van der Waals surface area contributed by atoms with Crippen LogP contribution in [-0.4, -0.2) is 57.0 Å². The van der Waals surface area contributed by atoms with E-state index in [0.29, 0.717) is 0 Å². The van der Waals surface area contributed by atoms with Crippen molar-refractivity contribution in [1.29, 1.82) is 0 Å². The van der Waals surface area contributed by atoms with E-state index >= 15 is 0 Å². The molecular formula is C26H39BrCl2N4. The van der Waals surface area contributed by atoms with Crippen LogP contribution in [0.2, 0.25) is 0 Å². The molecule has 0 fully saturated rings. The molecule has 0 spiro atoms. The highest BCUT2D eigenvalue weighted by atomic mass is 79.9. The van der Waals surface area contributed by atoms with Crippen LogP contribution in [0.5, 0.6) is 0 Å². The first-order valence-corrected chi connectivity index (χ1v) is 12.7. The summed E-state index contributed by atoms with van der Waals surface area (Å²) in [6.07, 6.45) is 2.35. The molecule has 0 aliphatic heterocycles. The minimum atomic E-state index is 0. The first kappa shape index (κ1) is 29.8. The lowest BCUT2D eigenvalue weighted by Crippen LogP contribution is -3.12. The zero-order chi connectivity index (χ0) is 22.2. The average Bonchev–Trinajstić information content (AvgIpc) is 3.17. The van der Waals surface area contributed by atoms with Crippen molar-refractivity contribution in [1.82, 2.24) is 4.68 Å². The van der Waals surface area contributed by atoms with Gasteiger partial charge in [0, 0.05) is 21.6 Å². The Bertz CT molecular complexity index is 924. The molecule has 0 unspecified atom stereocenters. The number of likely N-dealkylation sites (N-methyl/N-ethyl adjacent to an activating group) is 2. The fourth-order valence-corrected chi connectivity index (χ4v) is 4.74. The summed E-state index contributed by atoms with van der Waals surface area (Å²) in [5.74, 6) is 0. The second-order valence-corrected chi connectivity index (χ2v) is 9.20. The number of hydrogen-bond donors (Lipinski definition) is 2. The van der Waals surface area contributed by atoms with Gasteiger partial charge in [-0.25, -0.2) is 0 Å². The lowest BCUT2D eigenvalue weighted by molar-refractivity contribution is -0.896. The number of benzene rings is 2. The van der Waals surface area contributed by atoms with Crippen LogP contribution in [0.25, 0.3) is 22.0 Å². The van der Waals surface area contributed by atoms with Crippen LogP contribution in [0.15, 0.2) is 59.2 Å². The lowest BCUT2D eigenvalue weighted by atomic mass is 10.1. The third-order valence-corrected chi connectivity index (χ3v) is 7.08. The van der Waals surface area contributed by atoms with Crippen molar-refractivity contribution in [2.45, 2.75) is 27.7 Å². The molecule has 0 radical (unpaired) electrons. The fourth-order valence-electron chi connectivity index (χ4n) is 4.38. The molecule has 0 atom stereocenters. The average molecular weight is 558 g/mol. The molecule has 0 saturated heterocycles. The molecule has 3 aromatic rings. The smallest absolute Gasteiger partial charge is 0.0965 e. The van der Waals surface area contributed by atoms with Crippen molar-refractivity contribution >= 4 is 26.8 Å². The number of quaternary nitrogens is 2. The SMILES string of the molecule is CC[NH+](CC)CCN(CC[NH+](CC)CC)n1cc(-c2ccccc2)c2cc(Br)ccc21.[Cl-].[Cl-]. The van der Waals surface area contributed by atoms with E-state index in [1.54, 1.807) is 9.80 Å². The van der Waals surface area contributed by atoms with E-state index < -0.39 is 0 Å². The van der Waals surface area contributed by atoms with E-state index in [1.807, 2.05) is 0 Å². The van der Waals surface area contributed by atoms with Gasteiger partial charge in [-0.2, -0.15) is 0 Å². The Morgan fingerprint density at radius 3 is 1.85 bits per heavy atom. The predicted molar refractivity (Wildman–Crippen MR) is 137 cm³/mol. The molecule has 0 aliphatic carbocycles. The van der Waals surface area contributed by atoms with Gasteiger partial charge in [-0.3, -0.25) is 4.68 Å². The normalized spacial score (nSPS) is 11.0. The molecule has 33 heavy (non-hydrogen) atoms. The van der Waals surface area contributed by atoms with Crippen LogP contribution in [0, 0.1) is 0 Å². The second-order valence-electron chi connectivity index (χ2n) is 8.28. The molecule has 2 aromatic carbocycles. The van der Waals surface area contributed by atoms with Crippen molar-refractivity contribution in [3.05, 3.63) is 59.2 Å². The van der Waals surface area contributed by atoms with Gasteiger partial charge in [-0.15, -0.1) is 0 Å². The molecule has 0 bridgehead atoms. The number of rotatable bonds is 12. The molecule has 1 heterocycles. The molecule has 2 N–H and O–H groups in total. The van der Waals surface area contributed by atoms with Gasteiger partial charge in [0.05, 0.1) is 57.9 Å². The summed E-state index contributed by atoms with van der Waals surface area (Å²) in [5.41, 5.74) is 3.85. The second kappa shape index (κ2) is 14.9. The van der Waals surface area contributed by atoms with Crippen LogP contribution in [0.1, 0.15) is 27.7 Å². The zero-order valence-corrected chi connectivity index (χ0v) is 23.5. The maximum Gasteiger partial charge on any atom is 0.0965 e. The molecule has 0 saturated carbocycles. The lowest BCUT2D eigenvalue weighted by Gasteiger charge is -2.29. The third kappa shape index (κ3) is 7.63. The molecule has 1 aromatic heterocycles. The van der Waals surface area contributed by atoms with E-state index in [4.69, 9.17) is 0 Å². The Kier molecular flexibility index (Phi) is 13.5. The van der Waals surface area contributed by atoms with E-state index in [2.05, 4.69) is 108 Å². The summed E-state index contributed by atoms with van der Waals surface area (Å²) in [5, 5.41) is 3.87. The minimum absolute atomic E-state index is 0. The van der Waals surface area contributed by atoms with Crippen LogP contribution in [0.4, 0.5) is 0 Å². The van der Waals surface area contributed by atoms with Crippen molar-refractivity contribution < 1.29 is 34.6 Å². The molecule has 7 heteroatoms. The monoisotopic (exact) mass is 556 g/mol.